The normalized spacial score (nSPS) is 18.8. The topological polar surface area (TPSA) is 247 Å². The average Bonchev–Trinajstić information content (AvgIpc) is 3.93. The number of hydrogen-bond acceptors (Lipinski definition) is 15. The molecule has 0 saturated carbocycles. The molecule has 0 aromatic carbocycles. The summed E-state index contributed by atoms with van der Waals surface area (Å²) < 4.78 is 10.8. The maximum absolute atomic E-state index is 14.4. The highest BCUT2D eigenvalue weighted by Gasteiger charge is 2.45. The molecule has 6 atom stereocenters. The smallest absolute Gasteiger partial charge is 0.320 e. The van der Waals surface area contributed by atoms with Crippen molar-refractivity contribution in [1.82, 2.24) is 31.1 Å². The number of carboxylic acid groups (broad SMARTS) is 1. The third-order valence-electron chi connectivity index (χ3n) is 12.6. The fourth-order valence-electron chi connectivity index (χ4n) is 8.93. The third kappa shape index (κ3) is 18.7. The van der Waals surface area contributed by atoms with E-state index in [0.29, 0.717) is 64.6 Å². The van der Waals surface area contributed by atoms with Gasteiger partial charge in [-0.15, -0.1) is 0 Å². The molecule has 0 bridgehead atoms. The summed E-state index contributed by atoms with van der Waals surface area (Å²) in [5.41, 5.74) is -4.66. The van der Waals surface area contributed by atoms with Gasteiger partial charge in [-0.25, -0.2) is 0 Å². The van der Waals surface area contributed by atoms with Crippen molar-refractivity contribution < 1.29 is 57.7 Å². The van der Waals surface area contributed by atoms with Crippen LogP contribution < -0.4 is 21.3 Å². The summed E-state index contributed by atoms with van der Waals surface area (Å²) >= 11 is 0. The second-order valence-electron chi connectivity index (χ2n) is 20.9. The van der Waals surface area contributed by atoms with Crippen LogP contribution in [0.15, 0.2) is 0 Å². The Balaban J connectivity index is 2.17. The molecule has 0 aromatic heterocycles. The summed E-state index contributed by atoms with van der Waals surface area (Å²) in [7, 11) is 0. The van der Waals surface area contributed by atoms with E-state index in [4.69, 9.17) is 9.47 Å². The lowest BCUT2D eigenvalue weighted by Gasteiger charge is -2.38. The zero-order valence-electron chi connectivity index (χ0n) is 42.8. The van der Waals surface area contributed by atoms with E-state index in [9.17, 15) is 48.3 Å². The van der Waals surface area contributed by atoms with Crippen LogP contribution in [0.4, 0.5) is 0 Å². The molecule has 2 rings (SSSR count). The standard InChI is InChI=1S/C49H84N6O12/c1-14-15-30-66-39(58)25-23-34(51-31(2)41(60)37-21-18-28-54(37)32(3)56)42(61)47(8,9)50-27-17-16-20-36(45(64)65)53-48(10,11)43(62)35(24-26-40(59)67-46(5,6)7)52-49(12,13)44(63)38-22-19-29-55(38)33(4)57/h31,34-38,50-53H,14-30H2,1-13H3,(H,64,65). The van der Waals surface area contributed by atoms with Crippen LogP contribution in [0.5, 0.6) is 0 Å². The Hall–Kier alpha value is -4.13. The van der Waals surface area contributed by atoms with Crippen molar-refractivity contribution in [2.24, 2.45) is 0 Å². The SMILES string of the molecule is CCCCOC(=O)CCC(NC(C)C(=O)C1CCCN1C(C)=O)C(=O)C(C)(C)NCCCCC(NC(C)(C)C(=O)C(CCC(=O)OC(C)(C)C)NC(C)(C)C(=O)C1CCCN1C(C)=O)C(=O)O. The van der Waals surface area contributed by atoms with Gasteiger partial charge in [0, 0.05) is 39.8 Å². The maximum Gasteiger partial charge on any atom is 0.320 e. The number of Topliss-reactive ketones (excluding diaryl/α,β-unsaturated/α-hetero) is 4. The molecule has 2 aliphatic heterocycles. The molecule has 0 aliphatic carbocycles. The molecule has 0 radical (unpaired) electrons. The summed E-state index contributed by atoms with van der Waals surface area (Å²) in [6.07, 6.45) is 4.73. The van der Waals surface area contributed by atoms with Crippen molar-refractivity contribution in [2.75, 3.05) is 26.2 Å². The highest BCUT2D eigenvalue weighted by Crippen LogP contribution is 2.26. The number of amides is 2. The molecule has 18 nitrogen and oxygen atoms in total. The number of nitrogens with one attached hydrogen (secondary N) is 4. The highest BCUT2D eigenvalue weighted by molar-refractivity contribution is 5.98. The molecule has 2 saturated heterocycles. The third-order valence-corrected chi connectivity index (χ3v) is 12.6. The van der Waals surface area contributed by atoms with Crippen molar-refractivity contribution in [3.8, 4) is 0 Å². The van der Waals surface area contributed by atoms with Gasteiger partial charge in [0.15, 0.2) is 23.1 Å². The number of aliphatic carboxylic acids is 1. The molecule has 2 aliphatic rings. The Bertz CT molecular complexity index is 1760. The van der Waals surface area contributed by atoms with Gasteiger partial charge >= 0.3 is 17.9 Å². The minimum absolute atomic E-state index is 0.0395. The quantitative estimate of drug-likeness (QED) is 0.0505. The fourth-order valence-corrected chi connectivity index (χ4v) is 8.93. The first-order chi connectivity index (χ1) is 30.9. The molecule has 0 aromatic rings. The predicted molar refractivity (Wildman–Crippen MR) is 253 cm³/mol. The summed E-state index contributed by atoms with van der Waals surface area (Å²) in [6, 6.07) is -5.21. The average molecular weight is 949 g/mol. The second kappa shape index (κ2) is 26.0. The molecule has 67 heavy (non-hydrogen) atoms. The van der Waals surface area contributed by atoms with Crippen LogP contribution in [-0.2, 0) is 52.6 Å². The van der Waals surface area contributed by atoms with Crippen LogP contribution in [0, 0.1) is 0 Å². The van der Waals surface area contributed by atoms with Gasteiger partial charge in [0.2, 0.25) is 11.8 Å². The first kappa shape index (κ1) is 59.0. The van der Waals surface area contributed by atoms with Gasteiger partial charge < -0.3 is 29.7 Å². The lowest BCUT2D eigenvalue weighted by molar-refractivity contribution is -0.155. The molecular weight excluding hydrogens is 865 g/mol. The lowest BCUT2D eigenvalue weighted by atomic mass is 9.85. The minimum atomic E-state index is -1.45. The first-order valence-corrected chi connectivity index (χ1v) is 24.3. The van der Waals surface area contributed by atoms with Crippen LogP contribution >= 0.6 is 0 Å². The van der Waals surface area contributed by atoms with Gasteiger partial charge in [0.1, 0.15) is 11.6 Å². The molecule has 18 heteroatoms. The zero-order valence-corrected chi connectivity index (χ0v) is 42.8. The molecule has 2 amide bonds. The van der Waals surface area contributed by atoms with Crippen molar-refractivity contribution in [3.05, 3.63) is 0 Å². The van der Waals surface area contributed by atoms with E-state index < -0.39 is 82.2 Å². The van der Waals surface area contributed by atoms with Crippen LogP contribution in [-0.4, -0.2) is 152 Å². The Labute approximate surface area is 398 Å². The number of likely N-dealkylation sites (tertiary alicyclic amines) is 2. The van der Waals surface area contributed by atoms with Gasteiger partial charge in [-0.05, 0) is 134 Å². The number of carboxylic acids is 1. The molecule has 2 fully saturated rings. The van der Waals surface area contributed by atoms with Gasteiger partial charge in [0.05, 0.1) is 53.4 Å². The highest BCUT2D eigenvalue weighted by atomic mass is 16.6. The molecule has 2 heterocycles. The maximum atomic E-state index is 14.4. The minimum Gasteiger partial charge on any atom is -0.480 e. The molecule has 0 spiro atoms. The summed E-state index contributed by atoms with van der Waals surface area (Å²) in [4.78, 5) is 122. The Morgan fingerprint density at radius 3 is 1.73 bits per heavy atom. The van der Waals surface area contributed by atoms with Crippen molar-refractivity contribution in [3.63, 3.8) is 0 Å². The summed E-state index contributed by atoms with van der Waals surface area (Å²) in [5, 5.41) is 22.9. The Morgan fingerprint density at radius 1 is 0.657 bits per heavy atom. The lowest BCUT2D eigenvalue weighted by Crippen LogP contribution is -2.64. The van der Waals surface area contributed by atoms with E-state index in [1.807, 2.05) is 6.92 Å². The van der Waals surface area contributed by atoms with E-state index in [2.05, 4.69) is 21.3 Å². The molecule has 6 unspecified atom stereocenters. The van der Waals surface area contributed by atoms with E-state index in [0.717, 1.165) is 6.42 Å². The van der Waals surface area contributed by atoms with Crippen molar-refractivity contribution in [1.29, 1.82) is 0 Å². The van der Waals surface area contributed by atoms with Crippen LogP contribution in [0.3, 0.4) is 0 Å². The van der Waals surface area contributed by atoms with Crippen LogP contribution in [0.2, 0.25) is 0 Å². The molecular formula is C49H84N6O12. The first-order valence-electron chi connectivity index (χ1n) is 24.3. The van der Waals surface area contributed by atoms with Crippen molar-refractivity contribution in [2.45, 2.75) is 232 Å². The van der Waals surface area contributed by atoms with E-state index in [-0.39, 0.29) is 67.9 Å². The summed E-state index contributed by atoms with van der Waals surface area (Å²) in [6.45, 7) is 23.0. The number of carbonyl (C=O) groups excluding carboxylic acids is 8. The van der Waals surface area contributed by atoms with E-state index in [1.165, 1.54) is 18.7 Å². The van der Waals surface area contributed by atoms with E-state index >= 15 is 0 Å². The number of unbranched alkanes of at least 4 members (excludes halogenated alkanes) is 2. The van der Waals surface area contributed by atoms with Gasteiger partial charge in [-0.2, -0.15) is 0 Å². The van der Waals surface area contributed by atoms with Crippen molar-refractivity contribution >= 4 is 52.9 Å². The number of esters is 2. The zero-order chi connectivity index (χ0) is 51.1. The van der Waals surface area contributed by atoms with Gasteiger partial charge in [0.25, 0.3) is 0 Å². The summed E-state index contributed by atoms with van der Waals surface area (Å²) in [5.74, 6) is -3.81. The van der Waals surface area contributed by atoms with Crippen LogP contribution in [0.25, 0.3) is 0 Å². The predicted octanol–water partition coefficient (Wildman–Crippen LogP) is 3.97. The van der Waals surface area contributed by atoms with Crippen LogP contribution in [0.1, 0.15) is 173 Å². The number of carbonyl (C=O) groups is 9. The Kier molecular flexibility index (Phi) is 22.9. The van der Waals surface area contributed by atoms with Gasteiger partial charge in [-0.1, -0.05) is 19.8 Å². The van der Waals surface area contributed by atoms with Gasteiger partial charge in [-0.3, -0.25) is 59.1 Å². The number of rotatable bonds is 30. The largest absolute Gasteiger partial charge is 0.480 e. The second-order valence-corrected chi connectivity index (χ2v) is 20.9. The Morgan fingerprint density at radius 2 is 1.18 bits per heavy atom. The number of ketones is 4. The monoisotopic (exact) mass is 949 g/mol. The van der Waals surface area contributed by atoms with E-state index in [1.54, 1.807) is 74.1 Å². The number of hydrogen-bond donors (Lipinski definition) is 5. The number of nitrogens with zero attached hydrogens (tertiary/aromatic N) is 2. The number of ether oxygens (including phenoxy) is 2. The molecule has 5 N–H and O–H groups in total. The fraction of sp³-hybridized carbons (Fsp3) is 0.816. The molecule has 382 valence electrons.